The fraction of sp³-hybridized carbons (Fsp3) is 0.150. The van der Waals surface area contributed by atoms with Crippen molar-refractivity contribution < 1.29 is 49.4 Å². The molecule has 0 heterocycles. The molecule has 272 valence electrons. The molecule has 1 N–H and O–H groups in total. The molecule has 0 amide bonds. The first-order chi connectivity index (χ1) is 24.5. The Balaban J connectivity index is 1.76. The van der Waals surface area contributed by atoms with E-state index in [2.05, 4.69) is 13.2 Å². The van der Waals surface area contributed by atoms with Crippen LogP contribution in [0, 0.1) is 0 Å². The number of benzene rings is 5. The van der Waals surface area contributed by atoms with Gasteiger partial charge in [0, 0.05) is 0 Å². The number of alkyl halides is 9. The van der Waals surface area contributed by atoms with Crippen LogP contribution in [-0.4, -0.2) is 11.5 Å². The third-order valence-electron chi connectivity index (χ3n) is 8.71. The van der Waals surface area contributed by atoms with Crippen molar-refractivity contribution >= 4 is 23.2 Å². The molecule has 5 rings (SSSR count). The first kappa shape index (κ1) is 38.2. The predicted molar refractivity (Wildman–Crippen MR) is 188 cm³/mol. The molecule has 2 nitrogen and oxygen atoms in total. The quantitative estimate of drug-likeness (QED) is 0.0829. The van der Waals surface area contributed by atoms with Gasteiger partial charge in [0.15, 0.2) is 0 Å². The second-order valence-corrected chi connectivity index (χ2v) is 15.9. The predicted octanol–water partition coefficient (Wildman–Crippen LogP) is 10.6. The molecule has 5 aromatic rings. The molecular formula is C40H32F9O2P. The third kappa shape index (κ3) is 8.20. The van der Waals surface area contributed by atoms with Gasteiger partial charge in [-0.1, -0.05) is 0 Å². The summed E-state index contributed by atoms with van der Waals surface area (Å²) in [5.41, 5.74) is -0.558. The standard InChI is InChI=1S/C40H32F9O2P/c1-3-5-26-7-21-36(50)34(23-26)35-24-27(6-4-2)8-22-37(35)51-25-52(31-15-9-28(10-16-31)38(41,42)43,32-17-11-29(12-18-32)39(44,45)46)33-19-13-30(14-20-33)40(47,48)49/h3-4,7-24,50,52H,1-2,5-6,25H2. The van der Waals surface area contributed by atoms with Crippen LogP contribution in [0.15, 0.2) is 135 Å². The molecule has 0 fully saturated rings. The van der Waals surface area contributed by atoms with E-state index >= 15 is 0 Å². The summed E-state index contributed by atoms with van der Waals surface area (Å²) < 4.78 is 130. The van der Waals surface area contributed by atoms with E-state index in [9.17, 15) is 44.6 Å². The molecule has 0 aromatic heterocycles. The molecule has 0 saturated heterocycles. The van der Waals surface area contributed by atoms with Gasteiger partial charge in [0.1, 0.15) is 0 Å². The maximum absolute atomic E-state index is 13.7. The van der Waals surface area contributed by atoms with Crippen molar-refractivity contribution in [2.75, 3.05) is 6.35 Å². The fourth-order valence-electron chi connectivity index (χ4n) is 6.07. The zero-order chi connectivity index (χ0) is 37.9. The molecule has 0 spiro atoms. The zero-order valence-corrected chi connectivity index (χ0v) is 28.3. The number of hydrogen-bond donors (Lipinski definition) is 1. The third-order valence-corrected chi connectivity index (χ3v) is 13.2. The van der Waals surface area contributed by atoms with Gasteiger partial charge in [-0.25, -0.2) is 0 Å². The molecule has 0 unspecified atom stereocenters. The van der Waals surface area contributed by atoms with Gasteiger partial charge in [0.2, 0.25) is 0 Å². The number of halogens is 9. The van der Waals surface area contributed by atoms with E-state index in [0.717, 1.165) is 47.5 Å². The molecule has 0 aliphatic carbocycles. The summed E-state index contributed by atoms with van der Waals surface area (Å²) in [7, 11) is -3.96. The number of ether oxygens (including phenoxy) is 1. The number of phenolic OH excluding ortho intramolecular Hbond substituents is 1. The number of phenols is 1. The Morgan fingerprint density at radius 2 is 0.885 bits per heavy atom. The topological polar surface area (TPSA) is 29.5 Å². The van der Waals surface area contributed by atoms with Gasteiger partial charge in [-0.15, -0.1) is 0 Å². The van der Waals surface area contributed by atoms with E-state index in [0.29, 0.717) is 24.0 Å². The van der Waals surface area contributed by atoms with Crippen LogP contribution in [-0.2, 0) is 31.4 Å². The Hall–Kier alpha value is -5.02. The van der Waals surface area contributed by atoms with Crippen molar-refractivity contribution in [3.05, 3.63) is 162 Å². The van der Waals surface area contributed by atoms with Crippen LogP contribution in [0.3, 0.4) is 0 Å². The molecule has 0 aliphatic heterocycles. The first-order valence-electron chi connectivity index (χ1n) is 15.8. The van der Waals surface area contributed by atoms with Crippen LogP contribution in [0.25, 0.3) is 11.1 Å². The van der Waals surface area contributed by atoms with Crippen LogP contribution >= 0.6 is 7.26 Å². The Labute approximate surface area is 294 Å². The van der Waals surface area contributed by atoms with Gasteiger partial charge < -0.3 is 0 Å². The van der Waals surface area contributed by atoms with Crippen molar-refractivity contribution in [2.45, 2.75) is 31.4 Å². The SMILES string of the molecule is C=CCc1ccc(O)c(-c2cc(CC=C)ccc2OC[PH](c2ccc(C(F)(F)F)cc2)(c2ccc(C(F)(F)F)cc2)c2ccc(C(F)(F)F)cc2)c1. The number of aromatic hydroxyl groups is 1. The van der Waals surface area contributed by atoms with Crippen molar-refractivity contribution in [2.24, 2.45) is 0 Å². The van der Waals surface area contributed by atoms with Crippen LogP contribution in [0.2, 0.25) is 0 Å². The van der Waals surface area contributed by atoms with Crippen molar-refractivity contribution in [1.82, 2.24) is 0 Å². The number of hydrogen-bond acceptors (Lipinski definition) is 2. The van der Waals surface area contributed by atoms with Crippen LogP contribution < -0.4 is 20.7 Å². The van der Waals surface area contributed by atoms with E-state index < -0.39 is 42.5 Å². The average Bonchev–Trinajstić information content (AvgIpc) is 3.09. The zero-order valence-electron chi connectivity index (χ0n) is 27.3. The Bertz CT molecular complexity index is 1890. The van der Waals surface area contributed by atoms with E-state index in [-0.39, 0.29) is 33.8 Å². The van der Waals surface area contributed by atoms with Gasteiger partial charge in [-0.3, -0.25) is 0 Å². The Morgan fingerprint density at radius 3 is 1.25 bits per heavy atom. The number of allylic oxidation sites excluding steroid dienone is 2. The molecule has 0 radical (unpaired) electrons. The molecular weight excluding hydrogens is 714 g/mol. The summed E-state index contributed by atoms with van der Waals surface area (Å²) in [6.07, 6.45) is -10.2. The van der Waals surface area contributed by atoms with E-state index in [4.69, 9.17) is 4.74 Å². The molecule has 52 heavy (non-hydrogen) atoms. The normalized spacial score (nSPS) is 12.7. The average molecular weight is 747 g/mol. The molecule has 5 aromatic carbocycles. The Morgan fingerprint density at radius 1 is 0.519 bits per heavy atom. The first-order valence-corrected chi connectivity index (χ1v) is 18.0. The van der Waals surface area contributed by atoms with Crippen molar-refractivity contribution in [3.8, 4) is 22.6 Å². The van der Waals surface area contributed by atoms with Crippen molar-refractivity contribution in [1.29, 1.82) is 0 Å². The summed E-state index contributed by atoms with van der Waals surface area (Å²) in [4.78, 5) is 0. The summed E-state index contributed by atoms with van der Waals surface area (Å²) in [6, 6.07) is 22.1. The summed E-state index contributed by atoms with van der Waals surface area (Å²) in [5, 5.41) is 11.7. The van der Waals surface area contributed by atoms with Gasteiger partial charge >= 0.3 is 295 Å². The van der Waals surface area contributed by atoms with Gasteiger partial charge in [-0.2, -0.15) is 0 Å². The fourth-order valence-corrected chi connectivity index (χ4v) is 10.1. The van der Waals surface area contributed by atoms with Gasteiger partial charge in [-0.05, 0) is 0 Å². The Kier molecular flexibility index (Phi) is 11.0. The molecule has 0 aliphatic rings. The van der Waals surface area contributed by atoms with Crippen LogP contribution in [0.4, 0.5) is 39.5 Å². The maximum atomic E-state index is 13.7. The molecule has 0 saturated carbocycles. The monoisotopic (exact) mass is 746 g/mol. The summed E-state index contributed by atoms with van der Waals surface area (Å²) in [6.45, 7) is 7.53. The minimum atomic E-state index is -4.72. The molecule has 0 bridgehead atoms. The molecule has 0 atom stereocenters. The van der Waals surface area contributed by atoms with Crippen LogP contribution in [0.5, 0.6) is 11.5 Å². The second kappa shape index (κ2) is 14.9. The second-order valence-electron chi connectivity index (χ2n) is 12.1. The van der Waals surface area contributed by atoms with E-state index in [1.807, 2.05) is 0 Å². The summed E-state index contributed by atoms with van der Waals surface area (Å²) >= 11 is 0. The summed E-state index contributed by atoms with van der Waals surface area (Å²) in [5.74, 6) is 0.117. The van der Waals surface area contributed by atoms with Gasteiger partial charge in [0.05, 0.1) is 0 Å². The van der Waals surface area contributed by atoms with Crippen LogP contribution in [0.1, 0.15) is 27.8 Å². The van der Waals surface area contributed by atoms with E-state index in [1.165, 1.54) is 42.5 Å². The minimum absolute atomic E-state index is 0.0925. The number of rotatable bonds is 11. The molecule has 12 heteroatoms. The van der Waals surface area contributed by atoms with Gasteiger partial charge in [0.25, 0.3) is 0 Å². The van der Waals surface area contributed by atoms with Crippen molar-refractivity contribution in [3.63, 3.8) is 0 Å². The van der Waals surface area contributed by atoms with E-state index in [1.54, 1.807) is 42.5 Å².